The minimum Gasteiger partial charge on any atom is -0.497 e. The van der Waals surface area contributed by atoms with E-state index in [-0.39, 0.29) is 12.6 Å². The topological polar surface area (TPSA) is 41.5 Å². The second-order valence-electron chi connectivity index (χ2n) is 3.84. The molecule has 4 heteroatoms. The van der Waals surface area contributed by atoms with E-state index in [1.807, 2.05) is 19.2 Å². The van der Waals surface area contributed by atoms with E-state index in [2.05, 4.69) is 24.4 Å². The highest BCUT2D eigenvalue weighted by molar-refractivity contribution is 7.99. The van der Waals surface area contributed by atoms with Crippen LogP contribution in [-0.2, 0) is 0 Å². The summed E-state index contributed by atoms with van der Waals surface area (Å²) < 4.78 is 5.15. The summed E-state index contributed by atoms with van der Waals surface area (Å²) in [4.78, 5) is 0. The highest BCUT2D eigenvalue weighted by Gasteiger charge is 2.17. The zero-order chi connectivity index (χ0) is 12.7. The zero-order valence-electron chi connectivity index (χ0n) is 10.6. The Morgan fingerprint density at radius 3 is 2.47 bits per heavy atom. The van der Waals surface area contributed by atoms with Crippen molar-refractivity contribution in [3.63, 3.8) is 0 Å². The van der Waals surface area contributed by atoms with Crippen molar-refractivity contribution in [3.05, 3.63) is 29.8 Å². The average Bonchev–Trinajstić information content (AvgIpc) is 2.38. The first-order chi connectivity index (χ1) is 8.22. The average molecular weight is 255 g/mol. The minimum atomic E-state index is 0.230. The monoisotopic (exact) mass is 255 g/mol. The quantitative estimate of drug-likeness (QED) is 0.782. The van der Waals surface area contributed by atoms with E-state index < -0.39 is 0 Å². The van der Waals surface area contributed by atoms with E-state index in [1.54, 1.807) is 18.9 Å². The van der Waals surface area contributed by atoms with Crippen molar-refractivity contribution in [2.24, 2.45) is 0 Å². The van der Waals surface area contributed by atoms with Crippen molar-refractivity contribution in [3.8, 4) is 5.75 Å². The molecule has 1 aromatic carbocycles. The predicted octanol–water partition coefficient (Wildman–Crippen LogP) is 2.07. The minimum absolute atomic E-state index is 0.230. The van der Waals surface area contributed by atoms with Crippen molar-refractivity contribution in [1.29, 1.82) is 0 Å². The van der Waals surface area contributed by atoms with Crippen LogP contribution in [0.3, 0.4) is 0 Å². The summed E-state index contributed by atoms with van der Waals surface area (Å²) in [5, 5.41) is 12.6. The molecule has 0 radical (unpaired) electrons. The summed E-state index contributed by atoms with van der Waals surface area (Å²) in [6.07, 6.45) is 0. The molecule has 3 nitrogen and oxygen atoms in total. The number of methoxy groups -OCH3 is 1. The predicted molar refractivity (Wildman–Crippen MR) is 73.8 cm³/mol. The summed E-state index contributed by atoms with van der Waals surface area (Å²) in [6, 6.07) is 8.40. The fourth-order valence-corrected chi connectivity index (χ4v) is 2.78. The van der Waals surface area contributed by atoms with Crippen molar-refractivity contribution in [1.82, 2.24) is 5.32 Å². The maximum absolute atomic E-state index is 8.85. The number of nitrogens with one attached hydrogen (secondary N) is 1. The van der Waals surface area contributed by atoms with Crippen LogP contribution in [0.1, 0.15) is 18.5 Å². The Kier molecular flexibility index (Phi) is 6.40. The molecule has 0 heterocycles. The molecule has 2 atom stereocenters. The molecule has 2 unspecified atom stereocenters. The number of rotatable bonds is 7. The van der Waals surface area contributed by atoms with Crippen molar-refractivity contribution >= 4 is 11.8 Å². The van der Waals surface area contributed by atoms with Crippen LogP contribution in [0.4, 0.5) is 0 Å². The van der Waals surface area contributed by atoms with Gasteiger partial charge in [-0.2, -0.15) is 11.8 Å². The van der Waals surface area contributed by atoms with Crippen molar-refractivity contribution in [2.75, 3.05) is 26.5 Å². The van der Waals surface area contributed by atoms with Crippen molar-refractivity contribution in [2.45, 2.75) is 18.2 Å². The van der Waals surface area contributed by atoms with Gasteiger partial charge in [-0.3, -0.25) is 0 Å². The van der Waals surface area contributed by atoms with Gasteiger partial charge in [-0.15, -0.1) is 0 Å². The van der Waals surface area contributed by atoms with Crippen LogP contribution in [0.25, 0.3) is 0 Å². The SMILES string of the molecule is CNC(c1ccc(OC)cc1)C(C)SCCO. The third kappa shape index (κ3) is 4.22. The first-order valence-electron chi connectivity index (χ1n) is 5.76. The van der Waals surface area contributed by atoms with E-state index in [0.717, 1.165) is 11.5 Å². The molecule has 0 aliphatic heterocycles. The van der Waals surface area contributed by atoms with Crippen LogP contribution in [0.15, 0.2) is 24.3 Å². The smallest absolute Gasteiger partial charge is 0.118 e. The van der Waals surface area contributed by atoms with Crippen LogP contribution in [0, 0.1) is 0 Å². The largest absolute Gasteiger partial charge is 0.497 e. The number of aliphatic hydroxyl groups excluding tert-OH is 1. The van der Waals surface area contributed by atoms with Gasteiger partial charge in [0.1, 0.15) is 5.75 Å². The van der Waals surface area contributed by atoms with E-state index in [9.17, 15) is 0 Å². The summed E-state index contributed by atoms with van der Waals surface area (Å²) in [5.41, 5.74) is 1.24. The molecule has 1 rings (SSSR count). The van der Waals surface area contributed by atoms with E-state index in [1.165, 1.54) is 5.56 Å². The highest BCUT2D eigenvalue weighted by Crippen LogP contribution is 2.27. The van der Waals surface area contributed by atoms with Gasteiger partial charge in [0.25, 0.3) is 0 Å². The Balaban J connectivity index is 2.70. The van der Waals surface area contributed by atoms with Crippen LogP contribution >= 0.6 is 11.8 Å². The second-order valence-corrected chi connectivity index (χ2v) is 5.32. The lowest BCUT2D eigenvalue weighted by Gasteiger charge is -2.23. The Morgan fingerprint density at radius 1 is 1.35 bits per heavy atom. The van der Waals surface area contributed by atoms with Gasteiger partial charge in [0, 0.05) is 17.0 Å². The molecule has 96 valence electrons. The lowest BCUT2D eigenvalue weighted by Crippen LogP contribution is -2.25. The van der Waals surface area contributed by atoms with E-state index in [0.29, 0.717) is 5.25 Å². The number of aliphatic hydroxyl groups is 1. The number of thioether (sulfide) groups is 1. The molecule has 0 spiro atoms. The molecular formula is C13H21NO2S. The van der Waals surface area contributed by atoms with Crippen LogP contribution in [0.2, 0.25) is 0 Å². The number of benzene rings is 1. The molecule has 1 aromatic rings. The molecule has 0 bridgehead atoms. The van der Waals surface area contributed by atoms with Gasteiger partial charge in [-0.1, -0.05) is 19.1 Å². The Bertz CT molecular complexity index is 316. The first kappa shape index (κ1) is 14.4. The number of ether oxygens (including phenoxy) is 1. The van der Waals surface area contributed by atoms with Gasteiger partial charge in [0.05, 0.1) is 13.7 Å². The normalized spacial score (nSPS) is 14.4. The van der Waals surface area contributed by atoms with Gasteiger partial charge in [0.15, 0.2) is 0 Å². The van der Waals surface area contributed by atoms with Crippen LogP contribution in [-0.4, -0.2) is 36.9 Å². The molecule has 0 aromatic heterocycles. The third-order valence-corrected chi connectivity index (χ3v) is 3.94. The Labute approximate surface area is 108 Å². The molecule has 0 aliphatic carbocycles. The van der Waals surface area contributed by atoms with Gasteiger partial charge < -0.3 is 15.2 Å². The number of hydrogen-bond donors (Lipinski definition) is 2. The van der Waals surface area contributed by atoms with E-state index >= 15 is 0 Å². The van der Waals surface area contributed by atoms with Gasteiger partial charge in [-0.05, 0) is 24.7 Å². The van der Waals surface area contributed by atoms with Crippen LogP contribution in [0.5, 0.6) is 5.75 Å². The maximum Gasteiger partial charge on any atom is 0.118 e. The van der Waals surface area contributed by atoms with Gasteiger partial charge in [-0.25, -0.2) is 0 Å². The van der Waals surface area contributed by atoms with Gasteiger partial charge >= 0.3 is 0 Å². The third-order valence-electron chi connectivity index (χ3n) is 2.73. The van der Waals surface area contributed by atoms with Crippen LogP contribution < -0.4 is 10.1 Å². The standard InChI is InChI=1S/C13H21NO2S/c1-10(17-9-8-15)13(14-2)11-4-6-12(16-3)7-5-11/h4-7,10,13-15H,8-9H2,1-3H3. The Morgan fingerprint density at radius 2 is 2.00 bits per heavy atom. The highest BCUT2D eigenvalue weighted by atomic mass is 32.2. The summed E-state index contributed by atoms with van der Waals surface area (Å²) in [6.45, 7) is 2.40. The maximum atomic E-state index is 8.85. The molecule has 0 saturated heterocycles. The molecule has 0 amide bonds. The first-order valence-corrected chi connectivity index (χ1v) is 6.81. The molecule has 0 saturated carbocycles. The summed E-state index contributed by atoms with van der Waals surface area (Å²) in [5.74, 6) is 1.65. The molecule has 17 heavy (non-hydrogen) atoms. The second kappa shape index (κ2) is 7.58. The fourth-order valence-electron chi connectivity index (χ4n) is 1.82. The van der Waals surface area contributed by atoms with E-state index in [4.69, 9.17) is 9.84 Å². The molecule has 0 fully saturated rings. The Hall–Kier alpha value is -0.710. The fraction of sp³-hybridized carbons (Fsp3) is 0.538. The lowest BCUT2D eigenvalue weighted by molar-refractivity contribution is 0.322. The summed E-state index contributed by atoms with van der Waals surface area (Å²) in [7, 11) is 3.63. The zero-order valence-corrected chi connectivity index (χ0v) is 11.5. The molecule has 0 aliphatic rings. The molecular weight excluding hydrogens is 234 g/mol. The molecule has 2 N–H and O–H groups in total. The van der Waals surface area contributed by atoms with Gasteiger partial charge in [0.2, 0.25) is 0 Å². The lowest BCUT2D eigenvalue weighted by atomic mass is 10.0. The van der Waals surface area contributed by atoms with Crippen molar-refractivity contribution < 1.29 is 9.84 Å². The number of hydrogen-bond acceptors (Lipinski definition) is 4. The summed E-state index contributed by atoms with van der Waals surface area (Å²) >= 11 is 1.77.